The number of anilines is 2. The van der Waals surface area contributed by atoms with Gasteiger partial charge in [-0.25, -0.2) is 9.97 Å². The molecule has 0 fully saturated rings. The van der Waals surface area contributed by atoms with E-state index in [9.17, 15) is 0 Å². The highest BCUT2D eigenvalue weighted by atomic mass is 35.5. The molecule has 1 aromatic carbocycles. The van der Waals surface area contributed by atoms with Gasteiger partial charge in [0.15, 0.2) is 16.7 Å². The summed E-state index contributed by atoms with van der Waals surface area (Å²) in [5, 5.41) is 6.09. The molecule has 0 spiro atoms. The van der Waals surface area contributed by atoms with Crippen molar-refractivity contribution in [2.45, 2.75) is 24.2 Å². The molecule has 3 heterocycles. The second-order valence-corrected chi connectivity index (χ2v) is 8.26. The van der Waals surface area contributed by atoms with Gasteiger partial charge in [-0.1, -0.05) is 30.3 Å². The van der Waals surface area contributed by atoms with Crippen LogP contribution in [0.3, 0.4) is 0 Å². The molecule has 162 valence electrons. The minimum absolute atomic E-state index is 0. The van der Waals surface area contributed by atoms with Gasteiger partial charge in [-0.2, -0.15) is 0 Å². The van der Waals surface area contributed by atoms with Gasteiger partial charge in [0.25, 0.3) is 0 Å². The number of rotatable bonds is 8. The fraction of sp³-hybridized carbons (Fsp3) is 0.136. The molecule has 5 nitrogen and oxygen atoms in total. The Hall–Kier alpha value is -2.32. The molecule has 9 heteroatoms. The molecule has 0 saturated carbocycles. The molecule has 31 heavy (non-hydrogen) atoms. The summed E-state index contributed by atoms with van der Waals surface area (Å²) < 4.78 is 6.12. The Morgan fingerprint density at radius 3 is 2.52 bits per heavy atom. The highest BCUT2D eigenvalue weighted by Gasteiger charge is 2.11. The summed E-state index contributed by atoms with van der Waals surface area (Å²) in [6, 6.07) is 16.2. The van der Waals surface area contributed by atoms with E-state index < -0.39 is 0 Å². The van der Waals surface area contributed by atoms with Crippen molar-refractivity contribution >= 4 is 58.9 Å². The van der Waals surface area contributed by atoms with Crippen LogP contribution in [-0.4, -0.2) is 15.0 Å². The van der Waals surface area contributed by atoms with Crippen LogP contribution in [0.5, 0.6) is 5.75 Å². The van der Waals surface area contributed by atoms with Crippen LogP contribution in [0.15, 0.2) is 77.4 Å². The van der Waals surface area contributed by atoms with Gasteiger partial charge in [0, 0.05) is 34.6 Å². The van der Waals surface area contributed by atoms with Crippen molar-refractivity contribution in [3.63, 3.8) is 0 Å². The lowest BCUT2D eigenvalue weighted by Crippen LogP contribution is -2.01. The highest BCUT2D eigenvalue weighted by molar-refractivity contribution is 7.98. The molecular weight excluding hydrogens is 471 g/mol. The van der Waals surface area contributed by atoms with E-state index in [0.717, 1.165) is 27.0 Å². The first-order chi connectivity index (χ1) is 14.3. The van der Waals surface area contributed by atoms with Gasteiger partial charge in [-0.05, 0) is 36.2 Å². The normalized spacial score (nSPS) is 9.97. The van der Waals surface area contributed by atoms with Crippen molar-refractivity contribution in [1.29, 1.82) is 0 Å². The van der Waals surface area contributed by atoms with Crippen molar-refractivity contribution in [2.24, 2.45) is 0 Å². The number of hydrogen-bond acceptors (Lipinski definition) is 7. The van der Waals surface area contributed by atoms with Crippen molar-refractivity contribution in [1.82, 2.24) is 15.0 Å². The topological polar surface area (TPSA) is 59.9 Å². The van der Waals surface area contributed by atoms with E-state index in [2.05, 4.69) is 20.3 Å². The number of hydrogen-bond donors (Lipinski definition) is 1. The smallest absolute Gasteiger partial charge is 0.188 e. The van der Waals surface area contributed by atoms with Crippen LogP contribution in [0.2, 0.25) is 0 Å². The van der Waals surface area contributed by atoms with Crippen molar-refractivity contribution < 1.29 is 4.74 Å². The van der Waals surface area contributed by atoms with E-state index >= 15 is 0 Å². The van der Waals surface area contributed by atoms with E-state index in [-0.39, 0.29) is 24.8 Å². The lowest BCUT2D eigenvalue weighted by molar-refractivity contribution is 0.306. The molecule has 3 aromatic heterocycles. The summed E-state index contributed by atoms with van der Waals surface area (Å²) in [6.45, 7) is 2.45. The van der Waals surface area contributed by atoms with Gasteiger partial charge in [0.2, 0.25) is 0 Å². The first-order valence-corrected chi connectivity index (χ1v) is 11.0. The minimum Gasteiger partial charge on any atom is -0.485 e. The van der Waals surface area contributed by atoms with Gasteiger partial charge >= 0.3 is 0 Å². The summed E-state index contributed by atoms with van der Waals surface area (Å²) in [5.41, 5.74) is 3.31. The number of thiazole rings is 1. The Balaban J connectivity index is 0.00000171. The van der Waals surface area contributed by atoms with E-state index in [1.165, 1.54) is 5.56 Å². The van der Waals surface area contributed by atoms with E-state index in [4.69, 9.17) is 4.74 Å². The van der Waals surface area contributed by atoms with Crippen molar-refractivity contribution in [3.05, 3.63) is 89.3 Å². The molecule has 0 amide bonds. The van der Waals surface area contributed by atoms with Gasteiger partial charge in [-0.3, -0.25) is 4.98 Å². The molecule has 0 saturated heterocycles. The number of ether oxygens (including phenoxy) is 1. The molecule has 4 aromatic rings. The predicted molar refractivity (Wildman–Crippen MR) is 133 cm³/mol. The standard InChI is InChI=1S/C22H20N4OS2.2ClH/c1-16-14-29-22(25-16)26-21-20(27-13-17-5-3-2-4-6-17)11-19(12-24-21)28-15-18-7-9-23-10-8-18;;/h2-12,14H,13,15H2,1H3,(H,24,25,26);2*1H. The molecule has 1 N–H and O–H groups in total. The van der Waals surface area contributed by atoms with Crippen LogP contribution >= 0.6 is 47.9 Å². The SMILES string of the molecule is Cc1csc(Nc2ncc(SCc3ccncc3)cc2OCc2ccccc2)n1.Cl.Cl. The molecule has 0 aliphatic heterocycles. The fourth-order valence-corrected chi connectivity index (χ4v) is 4.13. The number of pyridine rings is 2. The molecule has 4 rings (SSSR count). The largest absolute Gasteiger partial charge is 0.485 e. The van der Waals surface area contributed by atoms with Gasteiger partial charge < -0.3 is 10.1 Å². The molecule has 0 bridgehead atoms. The van der Waals surface area contributed by atoms with Crippen LogP contribution in [0.25, 0.3) is 0 Å². The number of nitrogens with zero attached hydrogens (tertiary/aromatic N) is 3. The minimum atomic E-state index is 0. The molecular formula is C22H22Cl2N4OS2. The molecule has 0 unspecified atom stereocenters. The first-order valence-electron chi connectivity index (χ1n) is 9.14. The van der Waals surface area contributed by atoms with Crippen LogP contribution < -0.4 is 10.1 Å². The lowest BCUT2D eigenvalue weighted by atomic mass is 10.2. The van der Waals surface area contributed by atoms with E-state index in [0.29, 0.717) is 18.2 Å². The summed E-state index contributed by atoms with van der Waals surface area (Å²) >= 11 is 3.27. The number of aryl methyl sites for hydroxylation is 1. The summed E-state index contributed by atoms with van der Waals surface area (Å²) in [6.07, 6.45) is 5.49. The molecule has 0 aliphatic rings. The maximum absolute atomic E-state index is 6.12. The quantitative estimate of drug-likeness (QED) is 0.276. The fourth-order valence-electron chi connectivity index (χ4n) is 2.60. The number of halogens is 2. The monoisotopic (exact) mass is 492 g/mol. The third-order valence-corrected chi connectivity index (χ3v) is 5.97. The third kappa shape index (κ3) is 7.40. The Morgan fingerprint density at radius 2 is 1.81 bits per heavy atom. The predicted octanol–water partition coefficient (Wildman–Crippen LogP) is 6.70. The number of thioether (sulfide) groups is 1. The van der Waals surface area contributed by atoms with Gasteiger partial charge in [-0.15, -0.1) is 47.9 Å². The van der Waals surface area contributed by atoms with Crippen LogP contribution in [0.1, 0.15) is 16.8 Å². The van der Waals surface area contributed by atoms with E-state index in [1.807, 2.05) is 79.4 Å². The first kappa shape index (κ1) is 24.9. The lowest BCUT2D eigenvalue weighted by Gasteiger charge is -2.13. The van der Waals surface area contributed by atoms with Crippen LogP contribution in [0.4, 0.5) is 10.9 Å². The molecule has 0 radical (unpaired) electrons. The third-order valence-electron chi connectivity index (χ3n) is 4.06. The van der Waals surface area contributed by atoms with E-state index in [1.54, 1.807) is 23.1 Å². The van der Waals surface area contributed by atoms with Gasteiger partial charge in [0.05, 0.1) is 5.69 Å². The van der Waals surface area contributed by atoms with Crippen molar-refractivity contribution in [2.75, 3.05) is 5.32 Å². The number of aromatic nitrogens is 3. The van der Waals surface area contributed by atoms with Gasteiger partial charge in [0.1, 0.15) is 6.61 Å². The Bertz CT molecular complexity index is 1070. The second kappa shape index (κ2) is 12.5. The summed E-state index contributed by atoms with van der Waals surface area (Å²) in [5.74, 6) is 2.23. The molecule has 0 aliphatic carbocycles. The van der Waals surface area contributed by atoms with Crippen molar-refractivity contribution in [3.8, 4) is 5.75 Å². The van der Waals surface area contributed by atoms with Crippen LogP contribution in [-0.2, 0) is 12.4 Å². The maximum Gasteiger partial charge on any atom is 0.188 e. The average Bonchev–Trinajstić information content (AvgIpc) is 3.18. The highest BCUT2D eigenvalue weighted by Crippen LogP contribution is 2.33. The zero-order chi connectivity index (χ0) is 19.9. The maximum atomic E-state index is 6.12. The summed E-state index contributed by atoms with van der Waals surface area (Å²) in [4.78, 5) is 14.2. The average molecular weight is 493 g/mol. The molecule has 0 atom stereocenters. The zero-order valence-corrected chi connectivity index (χ0v) is 20.0. The Kier molecular flexibility index (Phi) is 10.1. The number of nitrogens with one attached hydrogen (secondary N) is 1. The summed E-state index contributed by atoms with van der Waals surface area (Å²) in [7, 11) is 0. The number of benzene rings is 1. The zero-order valence-electron chi connectivity index (χ0n) is 16.7. The van der Waals surface area contributed by atoms with Crippen LogP contribution in [0, 0.1) is 6.92 Å². The second-order valence-electron chi connectivity index (χ2n) is 6.36. The Labute approximate surface area is 202 Å². The Morgan fingerprint density at radius 1 is 1.03 bits per heavy atom.